The summed E-state index contributed by atoms with van der Waals surface area (Å²) in [7, 11) is 0. The first kappa shape index (κ1) is 13.5. The first-order valence-electron chi connectivity index (χ1n) is 6.10. The van der Waals surface area contributed by atoms with Crippen molar-refractivity contribution in [2.75, 3.05) is 6.61 Å². The van der Waals surface area contributed by atoms with E-state index in [4.69, 9.17) is 4.74 Å². The molecule has 1 aromatic carbocycles. The molecule has 0 aliphatic heterocycles. The van der Waals surface area contributed by atoms with Gasteiger partial charge in [0.2, 0.25) is 0 Å². The number of esters is 1. The number of hydrogen-bond acceptors (Lipinski definition) is 3. The fourth-order valence-electron chi connectivity index (χ4n) is 2.36. The van der Waals surface area contributed by atoms with Crippen LogP contribution in [-0.4, -0.2) is 23.7 Å². The van der Waals surface area contributed by atoms with Crippen molar-refractivity contribution < 1.29 is 23.8 Å². The molecule has 1 N–H and O–H groups in total. The number of hydrogen-bond donors (Lipinski definition) is 1. The van der Waals surface area contributed by atoms with Crippen molar-refractivity contribution in [3.63, 3.8) is 0 Å². The van der Waals surface area contributed by atoms with Gasteiger partial charge >= 0.3 is 11.9 Å². The molecule has 0 radical (unpaired) electrons. The normalized spacial score (nSPS) is 24.9. The number of carboxylic acid groups (broad SMARTS) is 1. The van der Waals surface area contributed by atoms with E-state index in [1.165, 1.54) is 12.1 Å². The molecule has 5 heteroatoms. The summed E-state index contributed by atoms with van der Waals surface area (Å²) >= 11 is 0. The minimum Gasteiger partial charge on any atom is -0.480 e. The van der Waals surface area contributed by atoms with Gasteiger partial charge in [-0.15, -0.1) is 0 Å². The summed E-state index contributed by atoms with van der Waals surface area (Å²) in [5, 5.41) is 9.28. The molecule has 1 aliphatic carbocycles. The molecule has 0 aromatic heterocycles. The molecule has 19 heavy (non-hydrogen) atoms. The summed E-state index contributed by atoms with van der Waals surface area (Å²) in [5.74, 6) is -2.68. The molecular formula is C14H15FO4. The summed E-state index contributed by atoms with van der Waals surface area (Å²) in [4.78, 5) is 23.2. The fraction of sp³-hybridized carbons (Fsp3) is 0.429. The molecule has 1 fully saturated rings. The van der Waals surface area contributed by atoms with Gasteiger partial charge in [0, 0.05) is 5.92 Å². The molecule has 4 nitrogen and oxygen atoms in total. The van der Waals surface area contributed by atoms with Crippen LogP contribution in [0.3, 0.4) is 0 Å². The van der Waals surface area contributed by atoms with E-state index in [1.807, 2.05) is 0 Å². The van der Waals surface area contributed by atoms with Gasteiger partial charge < -0.3 is 9.84 Å². The van der Waals surface area contributed by atoms with Crippen molar-refractivity contribution in [3.8, 4) is 0 Å². The monoisotopic (exact) mass is 266 g/mol. The molecule has 0 heterocycles. The van der Waals surface area contributed by atoms with Crippen LogP contribution in [0.1, 0.15) is 30.4 Å². The number of carbonyl (C=O) groups is 2. The largest absolute Gasteiger partial charge is 0.480 e. The topological polar surface area (TPSA) is 63.6 Å². The Morgan fingerprint density at radius 3 is 2.74 bits per heavy atom. The van der Waals surface area contributed by atoms with Gasteiger partial charge in [0.15, 0.2) is 5.41 Å². The summed E-state index contributed by atoms with van der Waals surface area (Å²) in [6.45, 7) is 3.38. The van der Waals surface area contributed by atoms with Gasteiger partial charge in [-0.3, -0.25) is 9.59 Å². The molecule has 0 saturated heterocycles. The lowest BCUT2D eigenvalue weighted by atomic mass is 9.98. The lowest BCUT2D eigenvalue weighted by molar-refractivity contribution is -0.161. The van der Waals surface area contributed by atoms with E-state index in [0.29, 0.717) is 11.1 Å². The average Bonchev–Trinajstić information content (AvgIpc) is 3.10. The van der Waals surface area contributed by atoms with Gasteiger partial charge in [-0.05, 0) is 37.5 Å². The quantitative estimate of drug-likeness (QED) is 0.670. The molecular weight excluding hydrogens is 251 g/mol. The second-order valence-electron chi connectivity index (χ2n) is 4.76. The van der Waals surface area contributed by atoms with Crippen LogP contribution in [-0.2, 0) is 14.3 Å². The second kappa shape index (κ2) is 4.64. The Kier molecular flexibility index (Phi) is 3.30. The predicted octanol–water partition coefficient (Wildman–Crippen LogP) is 2.26. The Morgan fingerprint density at radius 2 is 2.21 bits per heavy atom. The van der Waals surface area contributed by atoms with E-state index in [0.717, 1.165) is 0 Å². The number of aryl methyl sites for hydroxylation is 1. The van der Waals surface area contributed by atoms with Gasteiger partial charge in [0.1, 0.15) is 5.82 Å². The number of carboxylic acids is 1. The predicted molar refractivity (Wildman–Crippen MR) is 65.2 cm³/mol. The number of halogens is 1. The van der Waals surface area contributed by atoms with E-state index in [1.54, 1.807) is 19.9 Å². The fourth-order valence-corrected chi connectivity index (χ4v) is 2.36. The van der Waals surface area contributed by atoms with Gasteiger partial charge in [0.05, 0.1) is 6.61 Å². The maximum atomic E-state index is 13.2. The van der Waals surface area contributed by atoms with Crippen molar-refractivity contribution in [1.29, 1.82) is 0 Å². The smallest absolute Gasteiger partial charge is 0.324 e. The van der Waals surface area contributed by atoms with E-state index in [2.05, 4.69) is 0 Å². The number of ether oxygens (including phenoxy) is 1. The van der Waals surface area contributed by atoms with Crippen molar-refractivity contribution in [3.05, 3.63) is 35.1 Å². The number of carbonyl (C=O) groups excluding carboxylic acids is 1. The third-order valence-corrected chi connectivity index (χ3v) is 3.57. The Balaban J connectivity index is 2.30. The maximum absolute atomic E-state index is 13.2. The SMILES string of the molecule is CCOC(=O)C1(C(=O)O)CC1c1ccc(F)c(C)c1. The van der Waals surface area contributed by atoms with Crippen molar-refractivity contribution in [1.82, 2.24) is 0 Å². The van der Waals surface area contributed by atoms with Gasteiger partial charge in [0.25, 0.3) is 0 Å². The molecule has 1 aromatic rings. The zero-order chi connectivity index (χ0) is 14.2. The van der Waals surface area contributed by atoms with Crippen LogP contribution in [0.25, 0.3) is 0 Å². The molecule has 1 aliphatic rings. The zero-order valence-electron chi connectivity index (χ0n) is 10.8. The summed E-state index contributed by atoms with van der Waals surface area (Å²) in [6, 6.07) is 4.40. The van der Waals surface area contributed by atoms with E-state index >= 15 is 0 Å². The lowest BCUT2D eigenvalue weighted by Gasteiger charge is -2.11. The van der Waals surface area contributed by atoms with Crippen molar-refractivity contribution in [2.45, 2.75) is 26.2 Å². The van der Waals surface area contributed by atoms with Crippen LogP contribution in [0, 0.1) is 18.2 Å². The Hall–Kier alpha value is -1.91. The molecule has 1 saturated carbocycles. The summed E-state index contributed by atoms with van der Waals surface area (Å²) < 4.78 is 18.0. The minimum atomic E-state index is -1.50. The lowest BCUT2D eigenvalue weighted by Crippen LogP contribution is -2.29. The average molecular weight is 266 g/mol. The number of rotatable bonds is 4. The van der Waals surface area contributed by atoms with Crippen LogP contribution in [0.2, 0.25) is 0 Å². The number of aliphatic carboxylic acids is 1. The molecule has 2 unspecified atom stereocenters. The molecule has 0 spiro atoms. The van der Waals surface area contributed by atoms with E-state index < -0.39 is 23.3 Å². The van der Waals surface area contributed by atoms with Gasteiger partial charge in [-0.25, -0.2) is 4.39 Å². The van der Waals surface area contributed by atoms with Gasteiger partial charge in [-0.1, -0.05) is 12.1 Å². The third-order valence-electron chi connectivity index (χ3n) is 3.57. The molecule has 0 bridgehead atoms. The molecule has 2 rings (SSSR count). The Labute approximate surface area is 110 Å². The highest BCUT2D eigenvalue weighted by Gasteiger charge is 2.68. The first-order chi connectivity index (χ1) is 8.93. The molecule has 102 valence electrons. The number of benzene rings is 1. The first-order valence-corrected chi connectivity index (χ1v) is 6.10. The van der Waals surface area contributed by atoms with E-state index in [-0.39, 0.29) is 18.8 Å². The van der Waals surface area contributed by atoms with Crippen molar-refractivity contribution >= 4 is 11.9 Å². The maximum Gasteiger partial charge on any atom is 0.324 e. The zero-order valence-corrected chi connectivity index (χ0v) is 10.8. The minimum absolute atomic E-state index is 0.142. The second-order valence-corrected chi connectivity index (χ2v) is 4.76. The van der Waals surface area contributed by atoms with Crippen LogP contribution in [0.5, 0.6) is 0 Å². The van der Waals surface area contributed by atoms with Crippen LogP contribution < -0.4 is 0 Å². The van der Waals surface area contributed by atoms with Crippen LogP contribution in [0.15, 0.2) is 18.2 Å². The van der Waals surface area contributed by atoms with E-state index in [9.17, 15) is 19.1 Å². The highest BCUT2D eigenvalue weighted by Crippen LogP contribution is 2.60. The Bertz CT molecular complexity index is 540. The van der Waals surface area contributed by atoms with Crippen LogP contribution in [0.4, 0.5) is 4.39 Å². The van der Waals surface area contributed by atoms with Crippen LogP contribution >= 0.6 is 0 Å². The van der Waals surface area contributed by atoms with Crippen molar-refractivity contribution in [2.24, 2.45) is 5.41 Å². The molecule has 0 amide bonds. The summed E-state index contributed by atoms with van der Waals surface area (Å²) in [6.07, 6.45) is 0.201. The highest BCUT2D eigenvalue weighted by atomic mass is 19.1. The Morgan fingerprint density at radius 1 is 1.53 bits per heavy atom. The summed E-state index contributed by atoms with van der Waals surface area (Å²) in [5.41, 5.74) is -0.401. The standard InChI is InChI=1S/C14H15FO4/c1-3-19-13(18)14(12(16)17)7-10(14)9-4-5-11(15)8(2)6-9/h4-6,10H,3,7H2,1-2H3,(H,16,17). The molecule has 2 atom stereocenters. The van der Waals surface area contributed by atoms with Gasteiger partial charge in [-0.2, -0.15) is 0 Å². The highest BCUT2D eigenvalue weighted by molar-refractivity contribution is 6.04. The third kappa shape index (κ3) is 2.09.